The van der Waals surface area contributed by atoms with Gasteiger partial charge in [0.05, 0.1) is 10.5 Å². The van der Waals surface area contributed by atoms with Gasteiger partial charge in [0.15, 0.2) is 6.61 Å². The Labute approximate surface area is 190 Å². The van der Waals surface area contributed by atoms with Crippen molar-refractivity contribution in [1.82, 2.24) is 4.31 Å². The van der Waals surface area contributed by atoms with Gasteiger partial charge in [0.25, 0.3) is 0 Å². The van der Waals surface area contributed by atoms with Crippen LogP contribution in [0.5, 0.6) is 0 Å². The molecule has 0 saturated carbocycles. The average molecular weight is 458 g/mol. The van der Waals surface area contributed by atoms with E-state index in [1.807, 2.05) is 33.8 Å². The number of ketones is 1. The standard InChI is InChI=1S/C25H31NO5S/c1-17-14-18(2)20(4)24(19(17)3)23(27)16-31-25(28)21-10-9-11-22(15-21)32(29,30)26-12-7-5-6-8-13-26/h9-11,14-15H,5-8,12-13,16H2,1-4H3. The lowest BCUT2D eigenvalue weighted by molar-refractivity contribution is 0.0474. The van der Waals surface area contributed by atoms with E-state index in [2.05, 4.69) is 0 Å². The number of aryl methyl sites for hydroxylation is 2. The minimum atomic E-state index is -3.68. The minimum Gasteiger partial charge on any atom is -0.454 e. The average Bonchev–Trinajstić information content (AvgIpc) is 3.06. The molecule has 2 aromatic rings. The van der Waals surface area contributed by atoms with Crippen molar-refractivity contribution in [2.24, 2.45) is 0 Å². The summed E-state index contributed by atoms with van der Waals surface area (Å²) in [5.74, 6) is -0.987. The summed E-state index contributed by atoms with van der Waals surface area (Å²) in [4.78, 5) is 25.5. The summed E-state index contributed by atoms with van der Waals surface area (Å²) >= 11 is 0. The number of carbonyl (C=O) groups is 2. The zero-order chi connectivity index (χ0) is 23.5. The van der Waals surface area contributed by atoms with Crippen LogP contribution in [-0.4, -0.2) is 44.2 Å². The second-order valence-corrected chi connectivity index (χ2v) is 10.4. The lowest BCUT2D eigenvalue weighted by Gasteiger charge is -2.20. The highest BCUT2D eigenvalue weighted by Gasteiger charge is 2.26. The number of benzene rings is 2. The number of esters is 1. The monoisotopic (exact) mass is 457 g/mol. The normalized spacial score (nSPS) is 15.2. The van der Waals surface area contributed by atoms with Crippen LogP contribution in [0.15, 0.2) is 35.2 Å². The smallest absolute Gasteiger partial charge is 0.338 e. The molecule has 2 aromatic carbocycles. The molecule has 1 aliphatic rings. The largest absolute Gasteiger partial charge is 0.454 e. The van der Waals surface area contributed by atoms with Crippen LogP contribution in [0.25, 0.3) is 0 Å². The van der Waals surface area contributed by atoms with Crippen LogP contribution in [0, 0.1) is 27.7 Å². The minimum absolute atomic E-state index is 0.0705. The molecule has 32 heavy (non-hydrogen) atoms. The van der Waals surface area contributed by atoms with Gasteiger partial charge in [-0.05, 0) is 81.0 Å². The van der Waals surface area contributed by atoms with E-state index in [1.165, 1.54) is 28.6 Å². The highest BCUT2D eigenvalue weighted by Crippen LogP contribution is 2.23. The van der Waals surface area contributed by atoms with E-state index in [0.717, 1.165) is 47.9 Å². The van der Waals surface area contributed by atoms with Crippen LogP contribution in [0.4, 0.5) is 0 Å². The molecule has 1 fully saturated rings. The second kappa shape index (κ2) is 9.96. The Morgan fingerprint density at radius 2 is 1.50 bits per heavy atom. The summed E-state index contributed by atoms with van der Waals surface area (Å²) in [6.07, 6.45) is 3.71. The topological polar surface area (TPSA) is 80.8 Å². The summed E-state index contributed by atoms with van der Waals surface area (Å²) in [5, 5.41) is 0. The van der Waals surface area contributed by atoms with Gasteiger partial charge in [-0.15, -0.1) is 0 Å². The maximum Gasteiger partial charge on any atom is 0.338 e. The molecule has 0 aromatic heterocycles. The van der Waals surface area contributed by atoms with Crippen molar-refractivity contribution in [2.45, 2.75) is 58.3 Å². The molecular weight excluding hydrogens is 426 g/mol. The predicted molar refractivity (Wildman–Crippen MR) is 124 cm³/mol. The summed E-state index contributed by atoms with van der Waals surface area (Å²) in [6.45, 7) is 8.23. The van der Waals surface area contributed by atoms with Gasteiger partial charge in [-0.3, -0.25) is 4.79 Å². The van der Waals surface area contributed by atoms with Gasteiger partial charge in [0.2, 0.25) is 15.8 Å². The number of hydrogen-bond donors (Lipinski definition) is 0. The van der Waals surface area contributed by atoms with Crippen molar-refractivity contribution < 1.29 is 22.7 Å². The first kappa shape index (κ1) is 24.1. The lowest BCUT2D eigenvalue weighted by atomic mass is 9.92. The number of carbonyl (C=O) groups excluding carboxylic acids is 2. The summed E-state index contributed by atoms with van der Waals surface area (Å²) in [6, 6.07) is 7.89. The summed E-state index contributed by atoms with van der Waals surface area (Å²) in [5.41, 5.74) is 4.46. The molecule has 0 bridgehead atoms. The molecule has 0 atom stereocenters. The Kier molecular flexibility index (Phi) is 7.51. The Balaban J connectivity index is 1.75. The Morgan fingerprint density at radius 1 is 0.906 bits per heavy atom. The van der Waals surface area contributed by atoms with Crippen molar-refractivity contribution in [3.05, 3.63) is 63.7 Å². The van der Waals surface area contributed by atoms with Gasteiger partial charge in [0.1, 0.15) is 0 Å². The summed E-state index contributed by atoms with van der Waals surface area (Å²) < 4.78 is 32.8. The van der Waals surface area contributed by atoms with Crippen molar-refractivity contribution in [3.63, 3.8) is 0 Å². The van der Waals surface area contributed by atoms with E-state index in [0.29, 0.717) is 18.7 Å². The quantitative estimate of drug-likeness (QED) is 0.470. The third-order valence-electron chi connectivity index (χ3n) is 6.25. The third-order valence-corrected chi connectivity index (χ3v) is 8.15. The second-order valence-electron chi connectivity index (χ2n) is 8.48. The number of nitrogens with zero attached hydrogens (tertiary/aromatic N) is 1. The van der Waals surface area contributed by atoms with E-state index in [9.17, 15) is 18.0 Å². The molecule has 7 heteroatoms. The molecule has 0 N–H and O–H groups in total. The van der Waals surface area contributed by atoms with Gasteiger partial charge in [-0.1, -0.05) is 25.0 Å². The molecule has 172 valence electrons. The van der Waals surface area contributed by atoms with E-state index < -0.39 is 22.6 Å². The summed E-state index contributed by atoms with van der Waals surface area (Å²) in [7, 11) is -3.68. The maximum atomic E-state index is 13.0. The van der Waals surface area contributed by atoms with Crippen molar-refractivity contribution in [1.29, 1.82) is 0 Å². The van der Waals surface area contributed by atoms with Crippen LogP contribution in [0.3, 0.4) is 0 Å². The molecule has 1 heterocycles. The van der Waals surface area contributed by atoms with E-state index in [1.54, 1.807) is 0 Å². The first-order valence-corrected chi connectivity index (χ1v) is 12.4. The maximum absolute atomic E-state index is 13.0. The molecule has 1 aliphatic heterocycles. The highest BCUT2D eigenvalue weighted by atomic mass is 32.2. The predicted octanol–water partition coefficient (Wildman–Crippen LogP) is 4.52. The third kappa shape index (κ3) is 5.10. The van der Waals surface area contributed by atoms with Crippen molar-refractivity contribution in [3.8, 4) is 0 Å². The first-order valence-electron chi connectivity index (χ1n) is 11.0. The van der Waals surface area contributed by atoms with Gasteiger partial charge >= 0.3 is 5.97 Å². The highest BCUT2D eigenvalue weighted by molar-refractivity contribution is 7.89. The number of rotatable bonds is 6. The lowest BCUT2D eigenvalue weighted by Crippen LogP contribution is -2.32. The number of hydrogen-bond acceptors (Lipinski definition) is 5. The molecule has 3 rings (SSSR count). The first-order chi connectivity index (χ1) is 15.1. The van der Waals surface area contributed by atoms with E-state index >= 15 is 0 Å². The molecule has 1 saturated heterocycles. The molecule has 0 spiro atoms. The number of ether oxygens (including phenoxy) is 1. The van der Waals surface area contributed by atoms with E-state index in [-0.39, 0.29) is 16.2 Å². The zero-order valence-corrected chi connectivity index (χ0v) is 20.0. The van der Waals surface area contributed by atoms with E-state index in [4.69, 9.17) is 4.74 Å². The fourth-order valence-electron chi connectivity index (χ4n) is 4.14. The number of Topliss-reactive ketones (excluding diaryl/α,β-unsaturated/α-hetero) is 1. The molecule has 0 amide bonds. The van der Waals surface area contributed by atoms with Gasteiger partial charge in [-0.25, -0.2) is 13.2 Å². The fourth-order valence-corrected chi connectivity index (χ4v) is 5.70. The van der Waals surface area contributed by atoms with Gasteiger partial charge in [-0.2, -0.15) is 4.31 Å². The molecule has 6 nitrogen and oxygen atoms in total. The Hall–Kier alpha value is -2.51. The van der Waals surface area contributed by atoms with Crippen LogP contribution in [-0.2, 0) is 14.8 Å². The molecule has 0 aliphatic carbocycles. The van der Waals surface area contributed by atoms with Crippen LogP contribution in [0.2, 0.25) is 0 Å². The molecular formula is C25H31NO5S. The zero-order valence-electron chi connectivity index (χ0n) is 19.2. The van der Waals surface area contributed by atoms with Crippen molar-refractivity contribution in [2.75, 3.05) is 19.7 Å². The molecule has 0 unspecified atom stereocenters. The fraction of sp³-hybridized carbons (Fsp3) is 0.440. The molecule has 0 radical (unpaired) electrons. The Morgan fingerprint density at radius 3 is 2.09 bits per heavy atom. The van der Waals surface area contributed by atoms with Crippen LogP contribution in [0.1, 0.15) is 68.7 Å². The SMILES string of the molecule is Cc1cc(C)c(C)c(C(=O)COC(=O)c2cccc(S(=O)(=O)N3CCCCCC3)c2)c1C. The number of sulfonamides is 1. The van der Waals surface area contributed by atoms with Gasteiger partial charge < -0.3 is 4.74 Å². The van der Waals surface area contributed by atoms with Crippen LogP contribution < -0.4 is 0 Å². The Bertz CT molecular complexity index is 1100. The van der Waals surface area contributed by atoms with Crippen molar-refractivity contribution >= 4 is 21.8 Å². The van der Waals surface area contributed by atoms with Crippen LogP contribution >= 0.6 is 0 Å². The van der Waals surface area contributed by atoms with Gasteiger partial charge in [0, 0.05) is 18.7 Å².